The molecule has 3 heteroatoms. The lowest BCUT2D eigenvalue weighted by atomic mass is 9.72. The lowest BCUT2D eigenvalue weighted by Crippen LogP contribution is -2.30. The third-order valence-electron chi connectivity index (χ3n) is 8.17. The molecule has 1 aliphatic carbocycles. The number of nitrogens with zero attached hydrogens (tertiary/aromatic N) is 2. The van der Waals surface area contributed by atoms with Gasteiger partial charge in [-0.15, -0.1) is 0 Å². The zero-order valence-corrected chi connectivity index (χ0v) is 21.0. The molecule has 0 fully saturated rings. The van der Waals surface area contributed by atoms with Crippen LogP contribution in [0.15, 0.2) is 102 Å². The highest BCUT2D eigenvalue weighted by molar-refractivity contribution is 6.11. The third-order valence-corrected chi connectivity index (χ3v) is 8.17. The first-order valence-electron chi connectivity index (χ1n) is 12.6. The van der Waals surface area contributed by atoms with Gasteiger partial charge >= 0.3 is 0 Å². The number of aryl methyl sites for hydroxylation is 2. The Hall–Kier alpha value is -4.68. The second-order valence-corrected chi connectivity index (χ2v) is 10.1. The molecule has 3 nitrogen and oxygen atoms in total. The van der Waals surface area contributed by atoms with Crippen LogP contribution in [0.1, 0.15) is 34.7 Å². The predicted octanol–water partition coefficient (Wildman–Crippen LogP) is 7.59. The number of pyridine rings is 1. The van der Waals surface area contributed by atoms with Crippen molar-refractivity contribution in [2.24, 2.45) is 7.05 Å². The van der Waals surface area contributed by atoms with E-state index in [4.69, 9.17) is 4.42 Å². The molecule has 0 atom stereocenters. The molecule has 2 aromatic heterocycles. The summed E-state index contributed by atoms with van der Waals surface area (Å²) in [5.41, 5.74) is 10.8. The fourth-order valence-corrected chi connectivity index (χ4v) is 6.42. The number of rotatable bonds is 2. The molecule has 0 radical (unpaired) electrons. The van der Waals surface area contributed by atoms with E-state index in [2.05, 4.69) is 111 Å². The van der Waals surface area contributed by atoms with Gasteiger partial charge in [-0.2, -0.15) is 5.26 Å². The highest BCUT2D eigenvalue weighted by Gasteiger charge is 2.44. The van der Waals surface area contributed by atoms with Gasteiger partial charge in [0.15, 0.2) is 6.20 Å². The lowest BCUT2D eigenvalue weighted by Gasteiger charge is -2.29. The van der Waals surface area contributed by atoms with Crippen molar-refractivity contribution in [3.05, 3.63) is 125 Å². The molecule has 0 amide bonds. The number of nitriles is 1. The molecule has 1 aliphatic rings. The fourth-order valence-electron chi connectivity index (χ4n) is 6.42. The minimum Gasteiger partial charge on any atom is -0.455 e. The Morgan fingerprint density at radius 1 is 0.757 bits per heavy atom. The molecular weight excluding hydrogens is 452 g/mol. The Balaban J connectivity index is 1.64. The standard InChI is InChI=1S/C34H25N2O/c1-21-15-17-25-26-18-16-22(20-35)31(33(26)37-32(25)30(21)29-14-8-9-19-36(29)3)34(2)27-12-6-4-10-23(27)24-11-5-7-13-28(24)34/h4-19H,1-3H3/q+1. The molecule has 0 saturated carbocycles. The topological polar surface area (TPSA) is 40.8 Å². The smallest absolute Gasteiger partial charge is 0.216 e. The van der Waals surface area contributed by atoms with E-state index in [0.29, 0.717) is 5.56 Å². The zero-order valence-electron chi connectivity index (χ0n) is 21.0. The molecular formula is C34H25N2O+. The summed E-state index contributed by atoms with van der Waals surface area (Å²) >= 11 is 0. The number of aromatic nitrogens is 1. The number of fused-ring (bicyclic) bond motifs is 6. The van der Waals surface area contributed by atoms with E-state index >= 15 is 0 Å². The van der Waals surface area contributed by atoms with Crippen LogP contribution in [0.2, 0.25) is 0 Å². The van der Waals surface area contributed by atoms with Crippen LogP contribution in [-0.4, -0.2) is 0 Å². The number of hydrogen-bond donors (Lipinski definition) is 0. The maximum atomic E-state index is 10.3. The highest BCUT2D eigenvalue weighted by Crippen LogP contribution is 2.55. The molecule has 0 N–H and O–H groups in total. The Morgan fingerprint density at radius 2 is 1.38 bits per heavy atom. The summed E-state index contributed by atoms with van der Waals surface area (Å²) < 4.78 is 9.02. The van der Waals surface area contributed by atoms with Crippen LogP contribution in [0, 0.1) is 18.3 Å². The van der Waals surface area contributed by atoms with E-state index in [0.717, 1.165) is 44.3 Å². The predicted molar refractivity (Wildman–Crippen MR) is 147 cm³/mol. The average Bonchev–Trinajstić information content (AvgIpc) is 3.42. The van der Waals surface area contributed by atoms with E-state index in [1.165, 1.54) is 22.3 Å². The van der Waals surface area contributed by atoms with Gasteiger partial charge in [-0.3, -0.25) is 0 Å². The van der Waals surface area contributed by atoms with Crippen molar-refractivity contribution >= 4 is 21.9 Å². The highest BCUT2D eigenvalue weighted by atomic mass is 16.3. The van der Waals surface area contributed by atoms with Crippen LogP contribution in [0.3, 0.4) is 0 Å². The van der Waals surface area contributed by atoms with Crippen LogP contribution in [0.5, 0.6) is 0 Å². The van der Waals surface area contributed by atoms with E-state index in [-0.39, 0.29) is 0 Å². The molecule has 2 heterocycles. The van der Waals surface area contributed by atoms with Gasteiger partial charge in [0.1, 0.15) is 18.2 Å². The monoisotopic (exact) mass is 477 g/mol. The molecule has 0 bridgehead atoms. The molecule has 6 aromatic rings. The summed E-state index contributed by atoms with van der Waals surface area (Å²) in [4.78, 5) is 0. The van der Waals surface area contributed by atoms with Crippen molar-refractivity contribution in [3.8, 4) is 28.5 Å². The minimum atomic E-state index is -0.530. The van der Waals surface area contributed by atoms with E-state index in [1.54, 1.807) is 0 Å². The fraction of sp³-hybridized carbons (Fsp3) is 0.118. The van der Waals surface area contributed by atoms with Gasteiger partial charge in [-0.1, -0.05) is 60.7 Å². The van der Waals surface area contributed by atoms with Gasteiger partial charge < -0.3 is 4.42 Å². The maximum Gasteiger partial charge on any atom is 0.216 e. The van der Waals surface area contributed by atoms with Crippen LogP contribution in [0.25, 0.3) is 44.3 Å². The van der Waals surface area contributed by atoms with Gasteiger partial charge in [0, 0.05) is 33.9 Å². The summed E-state index contributed by atoms with van der Waals surface area (Å²) in [6, 6.07) is 34.1. The van der Waals surface area contributed by atoms with Crippen LogP contribution in [-0.2, 0) is 12.5 Å². The van der Waals surface area contributed by atoms with Gasteiger partial charge in [-0.25, -0.2) is 4.57 Å². The Morgan fingerprint density at radius 3 is 2.05 bits per heavy atom. The van der Waals surface area contributed by atoms with Gasteiger partial charge in [0.25, 0.3) is 0 Å². The minimum absolute atomic E-state index is 0.530. The quantitative estimate of drug-likeness (QED) is 0.241. The summed E-state index contributed by atoms with van der Waals surface area (Å²) in [6.45, 7) is 4.37. The molecule has 0 saturated heterocycles. The third kappa shape index (κ3) is 2.79. The molecule has 4 aromatic carbocycles. The molecule has 0 spiro atoms. The normalized spacial score (nSPS) is 13.5. The average molecular weight is 478 g/mol. The van der Waals surface area contributed by atoms with Crippen molar-refractivity contribution in [2.75, 3.05) is 0 Å². The second kappa shape index (κ2) is 7.66. The molecule has 37 heavy (non-hydrogen) atoms. The number of benzene rings is 4. The van der Waals surface area contributed by atoms with Crippen molar-refractivity contribution < 1.29 is 8.98 Å². The first-order valence-corrected chi connectivity index (χ1v) is 12.6. The molecule has 7 rings (SSSR count). The summed E-state index contributed by atoms with van der Waals surface area (Å²) in [7, 11) is 2.06. The van der Waals surface area contributed by atoms with E-state index in [1.807, 2.05) is 18.2 Å². The first-order chi connectivity index (χ1) is 18.0. The number of hydrogen-bond acceptors (Lipinski definition) is 2. The zero-order chi connectivity index (χ0) is 25.3. The Kier molecular flexibility index (Phi) is 4.47. The van der Waals surface area contributed by atoms with Crippen molar-refractivity contribution in [2.45, 2.75) is 19.3 Å². The van der Waals surface area contributed by atoms with Gasteiger partial charge in [-0.05, 0) is 59.9 Å². The second-order valence-electron chi connectivity index (χ2n) is 10.1. The summed E-state index contributed by atoms with van der Waals surface area (Å²) in [6.07, 6.45) is 2.06. The molecule has 0 aliphatic heterocycles. The largest absolute Gasteiger partial charge is 0.455 e. The molecule has 0 unspecified atom stereocenters. The van der Waals surface area contributed by atoms with E-state index in [9.17, 15) is 5.26 Å². The summed E-state index contributed by atoms with van der Waals surface area (Å²) in [5.74, 6) is 0. The maximum absolute atomic E-state index is 10.3. The summed E-state index contributed by atoms with van der Waals surface area (Å²) in [5, 5.41) is 12.4. The van der Waals surface area contributed by atoms with Crippen LogP contribution < -0.4 is 4.57 Å². The van der Waals surface area contributed by atoms with Crippen molar-refractivity contribution in [1.82, 2.24) is 0 Å². The van der Waals surface area contributed by atoms with Gasteiger partial charge in [0.05, 0.1) is 17.2 Å². The van der Waals surface area contributed by atoms with Crippen molar-refractivity contribution in [3.63, 3.8) is 0 Å². The van der Waals surface area contributed by atoms with E-state index < -0.39 is 5.41 Å². The number of furan rings is 1. The Bertz CT molecular complexity index is 1890. The first kappa shape index (κ1) is 21.6. The van der Waals surface area contributed by atoms with Crippen LogP contribution >= 0.6 is 0 Å². The Labute approximate surface area is 215 Å². The SMILES string of the molecule is Cc1ccc2c(oc3c(C4(C)c5ccccc5-c5ccccc54)c(C#N)ccc32)c1-c1cccc[n+]1C. The van der Waals surface area contributed by atoms with Crippen LogP contribution in [0.4, 0.5) is 0 Å². The lowest BCUT2D eigenvalue weighted by molar-refractivity contribution is -0.660. The van der Waals surface area contributed by atoms with Gasteiger partial charge in [0.2, 0.25) is 5.69 Å². The van der Waals surface area contributed by atoms with Crippen molar-refractivity contribution in [1.29, 1.82) is 5.26 Å². The molecule has 176 valence electrons.